The maximum Gasteiger partial charge on any atom is 0.303 e. The molecule has 29 heavy (non-hydrogen) atoms. The van der Waals surface area contributed by atoms with E-state index in [9.17, 15) is 9.90 Å². The number of carboxylic acid groups (broad SMARTS) is 1. The van der Waals surface area contributed by atoms with Crippen molar-refractivity contribution < 1.29 is 15.0 Å². The Balaban J connectivity index is 3.13. The van der Waals surface area contributed by atoms with Crippen LogP contribution in [0.15, 0.2) is 0 Å². The van der Waals surface area contributed by atoms with Crippen LogP contribution in [0.2, 0.25) is 0 Å². The van der Waals surface area contributed by atoms with E-state index in [1.54, 1.807) is 0 Å². The smallest absolute Gasteiger partial charge is 0.303 e. The second kappa shape index (κ2) is 23.7. The van der Waals surface area contributed by atoms with Crippen LogP contribution < -0.4 is 0 Å². The van der Waals surface area contributed by atoms with E-state index >= 15 is 0 Å². The zero-order valence-electron chi connectivity index (χ0n) is 19.6. The van der Waals surface area contributed by atoms with E-state index in [0.29, 0.717) is 6.42 Å². The van der Waals surface area contributed by atoms with E-state index in [2.05, 4.69) is 6.92 Å². The first-order chi connectivity index (χ1) is 14.2. The van der Waals surface area contributed by atoms with Crippen LogP contribution in [0.3, 0.4) is 0 Å². The number of hydrogen-bond acceptors (Lipinski definition) is 2. The Morgan fingerprint density at radius 2 is 0.862 bits per heavy atom. The molecule has 0 aromatic heterocycles. The highest BCUT2D eigenvalue weighted by atomic mass is 16.4. The molecule has 1 atom stereocenters. The third-order valence-corrected chi connectivity index (χ3v) is 6.07. The van der Waals surface area contributed by atoms with Gasteiger partial charge < -0.3 is 10.2 Å². The van der Waals surface area contributed by atoms with Crippen molar-refractivity contribution in [2.75, 3.05) is 0 Å². The lowest BCUT2D eigenvalue weighted by atomic mass is 10.0. The first kappa shape index (κ1) is 28.4. The minimum absolute atomic E-state index is 0.129. The van der Waals surface area contributed by atoms with Crippen LogP contribution in [0.25, 0.3) is 0 Å². The van der Waals surface area contributed by atoms with Crippen molar-refractivity contribution in [2.45, 2.75) is 161 Å². The number of carboxylic acids is 1. The molecule has 0 radical (unpaired) electrons. The van der Waals surface area contributed by atoms with E-state index in [-0.39, 0.29) is 6.10 Å². The lowest BCUT2D eigenvalue weighted by molar-refractivity contribution is -0.137. The van der Waals surface area contributed by atoms with Crippen molar-refractivity contribution in [3.8, 4) is 0 Å². The van der Waals surface area contributed by atoms with Gasteiger partial charge in [-0.15, -0.1) is 0 Å². The van der Waals surface area contributed by atoms with Gasteiger partial charge in [0.15, 0.2) is 0 Å². The predicted octanol–water partition coefficient (Wildman–Crippen LogP) is 8.42. The quantitative estimate of drug-likeness (QED) is 0.156. The average Bonchev–Trinajstić information content (AvgIpc) is 2.70. The van der Waals surface area contributed by atoms with Crippen LogP contribution in [0, 0.1) is 0 Å². The van der Waals surface area contributed by atoms with Crippen LogP contribution in [0.1, 0.15) is 155 Å². The Bertz CT molecular complexity index is 330. The summed E-state index contributed by atoms with van der Waals surface area (Å²) in [6, 6.07) is 0. The Morgan fingerprint density at radius 1 is 0.552 bits per heavy atom. The second-order valence-electron chi connectivity index (χ2n) is 9.09. The maximum absolute atomic E-state index is 10.4. The first-order valence-corrected chi connectivity index (χ1v) is 13.1. The lowest BCUT2D eigenvalue weighted by Crippen LogP contribution is -2.05. The number of hydrogen-bond donors (Lipinski definition) is 2. The van der Waals surface area contributed by atoms with E-state index in [1.165, 1.54) is 89.9 Å². The molecule has 174 valence electrons. The molecule has 0 saturated heterocycles. The Hall–Kier alpha value is -0.570. The fourth-order valence-electron chi connectivity index (χ4n) is 4.08. The fourth-order valence-corrected chi connectivity index (χ4v) is 4.08. The molecule has 0 aliphatic heterocycles. The summed E-state index contributed by atoms with van der Waals surface area (Å²) in [5.41, 5.74) is 0. The minimum Gasteiger partial charge on any atom is -0.481 e. The molecule has 3 heteroatoms. The summed E-state index contributed by atoms with van der Waals surface area (Å²) in [5.74, 6) is -0.691. The monoisotopic (exact) mass is 412 g/mol. The SMILES string of the molecule is CCCCCCCCCCCCCCCCCC(O)CCCCCCCC(=O)O. The van der Waals surface area contributed by atoms with Gasteiger partial charge in [0.25, 0.3) is 0 Å². The van der Waals surface area contributed by atoms with E-state index in [0.717, 1.165) is 51.4 Å². The number of aliphatic hydroxyl groups excluding tert-OH is 1. The van der Waals surface area contributed by atoms with E-state index < -0.39 is 5.97 Å². The van der Waals surface area contributed by atoms with Gasteiger partial charge in [0, 0.05) is 6.42 Å². The summed E-state index contributed by atoms with van der Waals surface area (Å²) in [6.45, 7) is 2.28. The van der Waals surface area contributed by atoms with E-state index in [4.69, 9.17) is 5.11 Å². The van der Waals surface area contributed by atoms with Crippen molar-refractivity contribution in [3.05, 3.63) is 0 Å². The first-order valence-electron chi connectivity index (χ1n) is 13.1. The Morgan fingerprint density at radius 3 is 1.21 bits per heavy atom. The van der Waals surface area contributed by atoms with Gasteiger partial charge in [-0.2, -0.15) is 0 Å². The molecule has 3 nitrogen and oxygen atoms in total. The van der Waals surface area contributed by atoms with Crippen LogP contribution in [0.4, 0.5) is 0 Å². The summed E-state index contributed by atoms with van der Waals surface area (Å²) in [4.78, 5) is 10.4. The summed E-state index contributed by atoms with van der Waals surface area (Å²) in [5, 5.41) is 18.6. The molecule has 0 saturated carbocycles. The molecule has 0 aliphatic rings. The maximum atomic E-state index is 10.4. The Kier molecular flexibility index (Phi) is 23.2. The van der Waals surface area contributed by atoms with Crippen LogP contribution in [0.5, 0.6) is 0 Å². The highest BCUT2D eigenvalue weighted by Crippen LogP contribution is 2.16. The van der Waals surface area contributed by atoms with Crippen molar-refractivity contribution in [1.82, 2.24) is 0 Å². The third kappa shape index (κ3) is 25.4. The van der Waals surface area contributed by atoms with E-state index in [1.807, 2.05) is 0 Å². The molecule has 1 unspecified atom stereocenters. The van der Waals surface area contributed by atoms with Gasteiger partial charge in [-0.05, 0) is 19.3 Å². The molecule has 0 aromatic rings. The van der Waals surface area contributed by atoms with Gasteiger partial charge >= 0.3 is 5.97 Å². The highest BCUT2D eigenvalue weighted by Gasteiger charge is 2.04. The molecule has 0 bridgehead atoms. The predicted molar refractivity (Wildman–Crippen MR) is 126 cm³/mol. The molecule has 0 amide bonds. The highest BCUT2D eigenvalue weighted by molar-refractivity contribution is 5.66. The van der Waals surface area contributed by atoms with Crippen LogP contribution in [-0.4, -0.2) is 22.3 Å². The van der Waals surface area contributed by atoms with Gasteiger partial charge in [-0.1, -0.05) is 129 Å². The topological polar surface area (TPSA) is 57.5 Å². The summed E-state index contributed by atoms with van der Waals surface area (Å²) < 4.78 is 0. The summed E-state index contributed by atoms with van der Waals surface area (Å²) >= 11 is 0. The average molecular weight is 413 g/mol. The van der Waals surface area contributed by atoms with Crippen molar-refractivity contribution in [1.29, 1.82) is 0 Å². The lowest BCUT2D eigenvalue weighted by Gasteiger charge is -2.10. The van der Waals surface area contributed by atoms with Crippen molar-refractivity contribution in [2.24, 2.45) is 0 Å². The molecule has 0 rings (SSSR count). The second-order valence-corrected chi connectivity index (χ2v) is 9.09. The standard InChI is InChI=1S/C26H52O3/c1-2-3-4-5-6-7-8-9-10-11-12-13-14-16-19-22-25(27)23-20-17-15-18-21-24-26(28)29/h25,27H,2-24H2,1H3,(H,28,29). The molecule has 0 spiro atoms. The van der Waals surface area contributed by atoms with Gasteiger partial charge in [-0.3, -0.25) is 4.79 Å². The van der Waals surface area contributed by atoms with Crippen LogP contribution in [-0.2, 0) is 4.79 Å². The largest absolute Gasteiger partial charge is 0.481 e. The molecule has 0 aromatic carbocycles. The zero-order chi connectivity index (χ0) is 21.4. The number of aliphatic hydroxyl groups is 1. The number of rotatable bonds is 24. The molecule has 2 N–H and O–H groups in total. The normalized spacial score (nSPS) is 12.3. The number of unbranched alkanes of at least 4 members (excludes halogenated alkanes) is 18. The third-order valence-electron chi connectivity index (χ3n) is 6.07. The molecule has 0 fully saturated rings. The molecule has 0 aliphatic carbocycles. The van der Waals surface area contributed by atoms with Gasteiger partial charge in [0.2, 0.25) is 0 Å². The summed E-state index contributed by atoms with van der Waals surface area (Å²) in [7, 11) is 0. The van der Waals surface area contributed by atoms with Crippen molar-refractivity contribution >= 4 is 5.97 Å². The molecule has 0 heterocycles. The number of aliphatic carboxylic acids is 1. The minimum atomic E-state index is -0.691. The van der Waals surface area contributed by atoms with Crippen molar-refractivity contribution in [3.63, 3.8) is 0 Å². The van der Waals surface area contributed by atoms with Gasteiger partial charge in [-0.25, -0.2) is 0 Å². The van der Waals surface area contributed by atoms with Gasteiger partial charge in [0.1, 0.15) is 0 Å². The summed E-state index contributed by atoms with van der Waals surface area (Å²) in [6.07, 6.45) is 27.8. The number of carbonyl (C=O) groups is 1. The fraction of sp³-hybridized carbons (Fsp3) is 0.962. The van der Waals surface area contributed by atoms with Crippen LogP contribution >= 0.6 is 0 Å². The zero-order valence-corrected chi connectivity index (χ0v) is 19.6. The Labute approximate surface area is 182 Å². The van der Waals surface area contributed by atoms with Gasteiger partial charge in [0.05, 0.1) is 6.10 Å². The molecular formula is C26H52O3. The molecular weight excluding hydrogens is 360 g/mol.